The lowest BCUT2D eigenvalue weighted by Crippen LogP contribution is -2.22. The molecule has 3 aromatic rings. The van der Waals surface area contributed by atoms with Gasteiger partial charge in [-0.2, -0.15) is 4.80 Å². The molecular formula is C19H20BrN5O. The Bertz CT molecular complexity index is 918. The molecule has 6 nitrogen and oxygen atoms in total. The Kier molecular flexibility index (Phi) is 5.46. The minimum Gasteiger partial charge on any atom is -0.324 e. The van der Waals surface area contributed by atoms with Gasteiger partial charge in [-0.1, -0.05) is 48.0 Å². The van der Waals surface area contributed by atoms with Gasteiger partial charge in [-0.3, -0.25) is 4.79 Å². The number of nitrogens with zero attached hydrogens (tertiary/aromatic N) is 4. The van der Waals surface area contributed by atoms with Crippen molar-refractivity contribution in [1.29, 1.82) is 0 Å². The minimum atomic E-state index is -0.180. The first-order chi connectivity index (χ1) is 12.4. The van der Waals surface area contributed by atoms with Gasteiger partial charge in [0.1, 0.15) is 6.54 Å². The highest BCUT2D eigenvalue weighted by molar-refractivity contribution is 9.10. The van der Waals surface area contributed by atoms with Crippen LogP contribution in [0.1, 0.15) is 30.9 Å². The van der Waals surface area contributed by atoms with Gasteiger partial charge in [-0.25, -0.2) is 0 Å². The van der Waals surface area contributed by atoms with Crippen LogP contribution < -0.4 is 5.32 Å². The lowest BCUT2D eigenvalue weighted by atomic mass is 9.98. The number of benzene rings is 2. The van der Waals surface area contributed by atoms with Crippen LogP contribution in [-0.2, 0) is 11.3 Å². The minimum absolute atomic E-state index is 0.00932. The van der Waals surface area contributed by atoms with Crippen molar-refractivity contribution in [2.75, 3.05) is 5.32 Å². The summed E-state index contributed by atoms with van der Waals surface area (Å²) in [4.78, 5) is 13.8. The summed E-state index contributed by atoms with van der Waals surface area (Å²) < 4.78 is 0.979. The molecule has 1 heterocycles. The zero-order chi connectivity index (χ0) is 18.7. The van der Waals surface area contributed by atoms with E-state index in [2.05, 4.69) is 50.5 Å². The molecule has 134 valence electrons. The summed E-state index contributed by atoms with van der Waals surface area (Å²) in [6, 6.07) is 13.6. The third-order valence-corrected chi connectivity index (χ3v) is 4.56. The van der Waals surface area contributed by atoms with Gasteiger partial charge in [-0.05, 0) is 53.4 Å². The van der Waals surface area contributed by atoms with Crippen molar-refractivity contribution in [3.05, 3.63) is 58.1 Å². The topological polar surface area (TPSA) is 72.7 Å². The van der Waals surface area contributed by atoms with Crippen molar-refractivity contribution < 1.29 is 4.79 Å². The van der Waals surface area contributed by atoms with Gasteiger partial charge in [0.25, 0.3) is 0 Å². The summed E-state index contributed by atoms with van der Waals surface area (Å²) in [6.07, 6.45) is 0. The number of hydrogen-bond acceptors (Lipinski definition) is 4. The van der Waals surface area contributed by atoms with Crippen LogP contribution >= 0.6 is 15.9 Å². The molecule has 26 heavy (non-hydrogen) atoms. The maximum Gasteiger partial charge on any atom is 0.248 e. The van der Waals surface area contributed by atoms with E-state index in [0.29, 0.717) is 11.7 Å². The maximum atomic E-state index is 12.5. The van der Waals surface area contributed by atoms with Crippen LogP contribution in [0.15, 0.2) is 46.9 Å². The maximum absolute atomic E-state index is 12.5. The average Bonchev–Trinajstić information content (AvgIpc) is 3.05. The smallest absolute Gasteiger partial charge is 0.248 e. The molecule has 7 heteroatoms. The highest BCUT2D eigenvalue weighted by atomic mass is 79.9. The van der Waals surface area contributed by atoms with Crippen LogP contribution in [0, 0.1) is 6.92 Å². The van der Waals surface area contributed by atoms with Gasteiger partial charge in [0.2, 0.25) is 11.7 Å². The lowest BCUT2D eigenvalue weighted by Gasteiger charge is -2.16. The van der Waals surface area contributed by atoms with Crippen molar-refractivity contribution in [3.63, 3.8) is 0 Å². The van der Waals surface area contributed by atoms with Gasteiger partial charge in [0, 0.05) is 15.7 Å². The Labute approximate surface area is 160 Å². The number of amides is 1. The van der Waals surface area contributed by atoms with E-state index in [1.54, 1.807) is 0 Å². The van der Waals surface area contributed by atoms with E-state index < -0.39 is 0 Å². The van der Waals surface area contributed by atoms with E-state index in [-0.39, 0.29) is 12.5 Å². The SMILES string of the molecule is Cc1cccc(C(C)C)c1NC(=O)Cn1nnc(-c2ccc(Br)cc2)n1. The number of tetrazole rings is 1. The molecule has 0 saturated heterocycles. The molecular weight excluding hydrogens is 394 g/mol. The van der Waals surface area contributed by atoms with Gasteiger partial charge in [0.15, 0.2) is 0 Å². The van der Waals surface area contributed by atoms with Crippen molar-refractivity contribution >= 4 is 27.5 Å². The number of anilines is 1. The van der Waals surface area contributed by atoms with Crippen molar-refractivity contribution in [3.8, 4) is 11.4 Å². The second kappa shape index (κ2) is 7.78. The second-order valence-electron chi connectivity index (χ2n) is 6.39. The van der Waals surface area contributed by atoms with Crippen LogP contribution in [0.25, 0.3) is 11.4 Å². The molecule has 0 radical (unpaired) electrons. The van der Waals surface area contributed by atoms with E-state index >= 15 is 0 Å². The number of nitrogens with one attached hydrogen (secondary N) is 1. The molecule has 1 N–H and O–H groups in total. The summed E-state index contributed by atoms with van der Waals surface area (Å²) in [5.74, 6) is 0.628. The van der Waals surface area contributed by atoms with Gasteiger partial charge in [-0.15, -0.1) is 10.2 Å². The van der Waals surface area contributed by atoms with Gasteiger partial charge in [0.05, 0.1) is 0 Å². The predicted molar refractivity (Wildman–Crippen MR) is 105 cm³/mol. The van der Waals surface area contributed by atoms with Crippen molar-refractivity contribution in [2.45, 2.75) is 33.2 Å². The molecule has 3 rings (SSSR count). The van der Waals surface area contributed by atoms with Crippen LogP contribution in [0.3, 0.4) is 0 Å². The van der Waals surface area contributed by atoms with Crippen LogP contribution in [0.2, 0.25) is 0 Å². The molecule has 0 aliphatic rings. The number of hydrogen-bond donors (Lipinski definition) is 1. The molecule has 0 fully saturated rings. The fourth-order valence-electron chi connectivity index (χ4n) is 2.67. The Morgan fingerprint density at radius 3 is 2.62 bits per heavy atom. The molecule has 2 aromatic carbocycles. The van der Waals surface area contributed by atoms with E-state index in [4.69, 9.17) is 0 Å². The number of carbonyl (C=O) groups excluding carboxylic acids is 1. The molecule has 0 bridgehead atoms. The van der Waals surface area contributed by atoms with E-state index in [1.807, 2.05) is 49.4 Å². The number of aryl methyl sites for hydroxylation is 1. The standard InChI is InChI=1S/C19H20BrN5O/c1-12(2)16-6-4-5-13(3)18(16)21-17(26)11-25-23-19(22-24-25)14-7-9-15(20)10-8-14/h4-10,12H,11H2,1-3H3,(H,21,26). The largest absolute Gasteiger partial charge is 0.324 e. The zero-order valence-corrected chi connectivity index (χ0v) is 16.5. The third kappa shape index (κ3) is 4.16. The van der Waals surface area contributed by atoms with E-state index in [1.165, 1.54) is 4.80 Å². The predicted octanol–water partition coefficient (Wildman–Crippen LogP) is 4.17. The third-order valence-electron chi connectivity index (χ3n) is 4.03. The number of rotatable bonds is 5. The molecule has 1 aromatic heterocycles. The molecule has 0 aliphatic carbocycles. The lowest BCUT2D eigenvalue weighted by molar-refractivity contribution is -0.117. The first kappa shape index (κ1) is 18.3. The molecule has 0 saturated carbocycles. The first-order valence-electron chi connectivity index (χ1n) is 8.37. The zero-order valence-electron chi connectivity index (χ0n) is 14.9. The Morgan fingerprint density at radius 2 is 1.92 bits per heavy atom. The molecule has 0 atom stereocenters. The fraction of sp³-hybridized carbons (Fsp3) is 0.263. The Hall–Kier alpha value is -2.54. The normalized spacial score (nSPS) is 11.0. The van der Waals surface area contributed by atoms with Crippen LogP contribution in [0.4, 0.5) is 5.69 Å². The van der Waals surface area contributed by atoms with Crippen molar-refractivity contribution in [2.24, 2.45) is 0 Å². The van der Waals surface area contributed by atoms with E-state index in [9.17, 15) is 4.79 Å². The molecule has 0 spiro atoms. The Balaban J connectivity index is 1.73. The van der Waals surface area contributed by atoms with Gasteiger partial charge >= 0.3 is 0 Å². The number of carbonyl (C=O) groups is 1. The van der Waals surface area contributed by atoms with Crippen molar-refractivity contribution in [1.82, 2.24) is 20.2 Å². The summed E-state index contributed by atoms with van der Waals surface area (Å²) >= 11 is 3.39. The number of halogens is 1. The number of aromatic nitrogens is 4. The monoisotopic (exact) mass is 413 g/mol. The molecule has 1 amide bonds. The quantitative estimate of drug-likeness (QED) is 0.680. The summed E-state index contributed by atoms with van der Waals surface area (Å²) in [5.41, 5.74) is 3.86. The fourth-order valence-corrected chi connectivity index (χ4v) is 2.94. The average molecular weight is 414 g/mol. The second-order valence-corrected chi connectivity index (χ2v) is 7.31. The highest BCUT2D eigenvalue weighted by Gasteiger charge is 2.14. The van der Waals surface area contributed by atoms with Crippen LogP contribution in [-0.4, -0.2) is 26.1 Å². The molecule has 0 aliphatic heterocycles. The van der Waals surface area contributed by atoms with Gasteiger partial charge < -0.3 is 5.32 Å². The Morgan fingerprint density at radius 1 is 1.19 bits per heavy atom. The van der Waals surface area contributed by atoms with Crippen LogP contribution in [0.5, 0.6) is 0 Å². The molecule has 0 unspecified atom stereocenters. The summed E-state index contributed by atoms with van der Waals surface area (Å²) in [7, 11) is 0. The highest BCUT2D eigenvalue weighted by Crippen LogP contribution is 2.27. The summed E-state index contributed by atoms with van der Waals surface area (Å²) in [5, 5.41) is 15.3. The number of para-hydroxylation sites is 1. The first-order valence-corrected chi connectivity index (χ1v) is 9.16. The van der Waals surface area contributed by atoms with E-state index in [0.717, 1.165) is 26.9 Å². The summed E-state index contributed by atoms with van der Waals surface area (Å²) in [6.45, 7) is 6.21.